The monoisotopic (exact) mass is 469 g/mol. The Morgan fingerprint density at radius 3 is 1.53 bits per heavy atom. The highest BCUT2D eigenvalue weighted by molar-refractivity contribution is 6.97. The molecule has 0 bridgehead atoms. The molecule has 0 amide bonds. The second-order valence-corrected chi connectivity index (χ2v) is 10.3. The summed E-state index contributed by atoms with van der Waals surface area (Å²) in [5, 5.41) is 0. The van der Waals surface area contributed by atoms with Gasteiger partial charge in [-0.05, 0) is 71.9 Å². The summed E-state index contributed by atoms with van der Waals surface area (Å²) in [5.41, 5.74) is 15.3. The minimum absolute atomic E-state index is 0.118. The number of nitrogens with zero attached hydrogens (tertiary/aromatic N) is 1. The van der Waals surface area contributed by atoms with Crippen LogP contribution in [0.2, 0.25) is 0 Å². The van der Waals surface area contributed by atoms with Crippen molar-refractivity contribution in [3.05, 3.63) is 117 Å². The molecule has 4 rings (SSSR count). The number of rotatable bonds is 4. The Hall–Kier alpha value is -3.70. The van der Waals surface area contributed by atoms with E-state index in [0.29, 0.717) is 0 Å². The zero-order valence-electron chi connectivity index (χ0n) is 23.0. The normalized spacial score (nSPS) is 10.6. The first-order valence-electron chi connectivity index (χ1n) is 12.7. The molecule has 1 nitrogen and oxygen atoms in total. The molecule has 4 aromatic rings. The van der Waals surface area contributed by atoms with Gasteiger partial charge in [-0.25, -0.2) is 0 Å². The molecule has 180 valence electrons. The summed E-state index contributed by atoms with van der Waals surface area (Å²) in [6, 6.07) is 26.4. The van der Waals surface area contributed by atoms with Crippen LogP contribution in [0.15, 0.2) is 72.8 Å². The van der Waals surface area contributed by atoms with Gasteiger partial charge in [0.15, 0.2) is 0 Å². The van der Waals surface area contributed by atoms with E-state index in [0.717, 1.165) is 11.1 Å². The molecule has 0 heterocycles. The van der Waals surface area contributed by atoms with Crippen molar-refractivity contribution in [2.75, 3.05) is 19.0 Å². The summed E-state index contributed by atoms with van der Waals surface area (Å²) in [6.07, 6.45) is 0. The average Bonchev–Trinajstić information content (AvgIpc) is 2.81. The van der Waals surface area contributed by atoms with Crippen molar-refractivity contribution in [3.8, 4) is 11.8 Å². The molecular formula is C34H36BN. The molecule has 0 unspecified atom stereocenters. The van der Waals surface area contributed by atoms with Crippen LogP contribution in [0.3, 0.4) is 0 Å². The average molecular weight is 469 g/mol. The van der Waals surface area contributed by atoms with Gasteiger partial charge in [0, 0.05) is 30.9 Å². The van der Waals surface area contributed by atoms with Gasteiger partial charge in [-0.3, -0.25) is 0 Å². The van der Waals surface area contributed by atoms with E-state index in [2.05, 4.69) is 145 Å². The topological polar surface area (TPSA) is 3.24 Å². The predicted octanol–water partition coefficient (Wildman–Crippen LogP) is 5.52. The van der Waals surface area contributed by atoms with Crippen molar-refractivity contribution in [2.45, 2.75) is 41.5 Å². The summed E-state index contributed by atoms with van der Waals surface area (Å²) in [6.45, 7) is 13.5. The van der Waals surface area contributed by atoms with Crippen molar-refractivity contribution in [2.24, 2.45) is 0 Å². The number of benzene rings is 4. The zero-order chi connectivity index (χ0) is 26.0. The summed E-state index contributed by atoms with van der Waals surface area (Å²) < 4.78 is 0. The zero-order valence-corrected chi connectivity index (χ0v) is 23.0. The third-order valence-corrected chi connectivity index (χ3v) is 7.05. The molecule has 0 aromatic heterocycles. The lowest BCUT2D eigenvalue weighted by molar-refractivity contribution is 1.13. The lowest BCUT2D eigenvalue weighted by Crippen LogP contribution is -2.56. The molecule has 0 aliphatic rings. The first kappa shape index (κ1) is 25.4. The van der Waals surface area contributed by atoms with Gasteiger partial charge in [0.25, 0.3) is 0 Å². The molecule has 0 saturated heterocycles. The Labute approximate surface area is 218 Å². The standard InChI is InChI=1S/C34H36BN/c1-23-19-25(3)33(26(4)20-23)35(34-27(5)21-24(2)22-28(34)6)32-12-10-9-11-30(32)16-13-29-14-17-31(18-15-29)36(7)8/h9-12,14-15,17-22H,1-8H3. The van der Waals surface area contributed by atoms with Gasteiger partial charge in [0.05, 0.1) is 0 Å². The molecule has 0 atom stereocenters. The van der Waals surface area contributed by atoms with Crippen molar-refractivity contribution in [1.29, 1.82) is 0 Å². The minimum atomic E-state index is 0.118. The van der Waals surface area contributed by atoms with Crippen LogP contribution >= 0.6 is 0 Å². The van der Waals surface area contributed by atoms with Crippen LogP contribution in [0, 0.1) is 53.4 Å². The molecule has 4 aromatic carbocycles. The highest BCUT2D eigenvalue weighted by Gasteiger charge is 2.29. The molecule has 0 fully saturated rings. The number of anilines is 1. The molecule has 36 heavy (non-hydrogen) atoms. The number of aryl methyl sites for hydroxylation is 6. The Morgan fingerprint density at radius 2 is 1.06 bits per heavy atom. The number of hydrogen-bond acceptors (Lipinski definition) is 1. The van der Waals surface area contributed by atoms with Crippen LogP contribution < -0.4 is 21.3 Å². The Bertz CT molecular complexity index is 1360. The third kappa shape index (κ3) is 5.27. The van der Waals surface area contributed by atoms with Crippen LogP contribution in [0.25, 0.3) is 0 Å². The summed E-state index contributed by atoms with van der Waals surface area (Å²) in [5.74, 6) is 6.97. The maximum Gasteiger partial charge on any atom is 0.244 e. The van der Waals surface area contributed by atoms with Crippen molar-refractivity contribution >= 4 is 28.8 Å². The van der Waals surface area contributed by atoms with E-state index in [1.807, 2.05) is 0 Å². The first-order valence-corrected chi connectivity index (χ1v) is 12.7. The molecule has 0 aliphatic carbocycles. The second kappa shape index (κ2) is 10.5. The molecule has 0 spiro atoms. The van der Waals surface area contributed by atoms with Crippen molar-refractivity contribution < 1.29 is 0 Å². The molecule has 0 aliphatic heterocycles. The summed E-state index contributed by atoms with van der Waals surface area (Å²) >= 11 is 0. The maximum atomic E-state index is 3.54. The molecule has 0 saturated carbocycles. The Kier molecular flexibility index (Phi) is 7.41. The van der Waals surface area contributed by atoms with Crippen LogP contribution in [0.4, 0.5) is 5.69 Å². The van der Waals surface area contributed by atoms with Crippen molar-refractivity contribution in [1.82, 2.24) is 0 Å². The largest absolute Gasteiger partial charge is 0.378 e. The Balaban J connectivity index is 1.93. The van der Waals surface area contributed by atoms with Crippen LogP contribution in [-0.4, -0.2) is 20.8 Å². The fourth-order valence-electron chi connectivity index (χ4n) is 5.59. The van der Waals surface area contributed by atoms with E-state index < -0.39 is 0 Å². The van der Waals surface area contributed by atoms with Gasteiger partial charge in [-0.15, -0.1) is 0 Å². The fraction of sp³-hybridized carbons (Fsp3) is 0.235. The van der Waals surface area contributed by atoms with Gasteiger partial charge >= 0.3 is 0 Å². The summed E-state index contributed by atoms with van der Waals surface area (Å²) in [4.78, 5) is 2.11. The van der Waals surface area contributed by atoms with Gasteiger partial charge < -0.3 is 4.90 Å². The molecule has 2 heteroatoms. The SMILES string of the molecule is Cc1cc(C)c(B(c2ccccc2C#Cc2ccc(N(C)C)cc2)c2c(C)cc(C)cc2C)c(C)c1. The molecular weight excluding hydrogens is 433 g/mol. The first-order chi connectivity index (χ1) is 17.2. The van der Waals surface area contributed by atoms with E-state index in [1.165, 1.54) is 55.5 Å². The molecule has 0 radical (unpaired) electrons. The minimum Gasteiger partial charge on any atom is -0.378 e. The summed E-state index contributed by atoms with van der Waals surface area (Å²) in [7, 11) is 4.11. The van der Waals surface area contributed by atoms with Crippen molar-refractivity contribution in [3.63, 3.8) is 0 Å². The van der Waals surface area contributed by atoms with Gasteiger partial charge in [-0.2, -0.15) is 0 Å². The van der Waals surface area contributed by atoms with Crippen LogP contribution in [0.1, 0.15) is 44.5 Å². The van der Waals surface area contributed by atoms with E-state index in [1.54, 1.807) is 0 Å². The Morgan fingerprint density at radius 1 is 0.583 bits per heavy atom. The lowest BCUT2D eigenvalue weighted by Gasteiger charge is -2.25. The van der Waals surface area contributed by atoms with Gasteiger partial charge in [0.1, 0.15) is 0 Å². The smallest absolute Gasteiger partial charge is 0.244 e. The second-order valence-electron chi connectivity index (χ2n) is 10.3. The quantitative estimate of drug-likeness (QED) is 0.281. The number of hydrogen-bond donors (Lipinski definition) is 0. The van der Waals surface area contributed by atoms with E-state index in [4.69, 9.17) is 0 Å². The van der Waals surface area contributed by atoms with Gasteiger partial charge in [0.2, 0.25) is 6.71 Å². The highest BCUT2D eigenvalue weighted by Crippen LogP contribution is 2.15. The predicted molar refractivity (Wildman–Crippen MR) is 159 cm³/mol. The van der Waals surface area contributed by atoms with E-state index >= 15 is 0 Å². The maximum absolute atomic E-state index is 3.54. The van der Waals surface area contributed by atoms with Gasteiger partial charge in [-0.1, -0.05) is 104 Å². The van der Waals surface area contributed by atoms with E-state index in [9.17, 15) is 0 Å². The third-order valence-electron chi connectivity index (χ3n) is 7.05. The fourth-order valence-corrected chi connectivity index (χ4v) is 5.59. The molecule has 0 N–H and O–H groups in total. The van der Waals surface area contributed by atoms with Crippen LogP contribution in [-0.2, 0) is 0 Å². The van der Waals surface area contributed by atoms with Crippen LogP contribution in [0.5, 0.6) is 0 Å². The highest BCUT2D eigenvalue weighted by atomic mass is 15.1. The van der Waals surface area contributed by atoms with E-state index in [-0.39, 0.29) is 6.71 Å². The lowest BCUT2D eigenvalue weighted by atomic mass is 9.33.